The van der Waals surface area contributed by atoms with E-state index in [0.717, 1.165) is 24.2 Å². The lowest BCUT2D eigenvalue weighted by atomic mass is 9.82. The highest BCUT2D eigenvalue weighted by Gasteiger charge is 2.36. The van der Waals surface area contributed by atoms with Gasteiger partial charge in [0.2, 0.25) is 0 Å². The van der Waals surface area contributed by atoms with Crippen LogP contribution in [0.1, 0.15) is 43.4 Å². The highest BCUT2D eigenvalue weighted by molar-refractivity contribution is 6.28. The molecule has 0 radical (unpaired) electrons. The third-order valence-corrected chi connectivity index (χ3v) is 13.3. The Balaban J connectivity index is 1.05. The van der Waals surface area contributed by atoms with E-state index in [0.29, 0.717) is 0 Å². The maximum atomic E-state index is 4.61. The second kappa shape index (κ2) is 13.4. The molecule has 0 atom stereocenters. The van der Waals surface area contributed by atoms with E-state index in [1.165, 1.54) is 105 Å². The van der Waals surface area contributed by atoms with Gasteiger partial charge >= 0.3 is 0 Å². The van der Waals surface area contributed by atoms with E-state index in [4.69, 9.17) is 0 Å². The molecule has 0 saturated carbocycles. The third-order valence-electron chi connectivity index (χ3n) is 13.3. The molecule has 0 bridgehead atoms. The molecule has 9 aromatic rings. The molecule has 12 rings (SSSR count). The third kappa shape index (κ3) is 5.10. The number of pyridine rings is 1. The maximum absolute atomic E-state index is 4.61. The van der Waals surface area contributed by atoms with Crippen LogP contribution >= 0.6 is 0 Å². The number of rotatable bonds is 6. The van der Waals surface area contributed by atoms with Gasteiger partial charge in [0.25, 0.3) is 0 Å². The predicted molar refractivity (Wildman–Crippen MR) is 252 cm³/mol. The zero-order valence-corrected chi connectivity index (χ0v) is 33.8. The summed E-state index contributed by atoms with van der Waals surface area (Å²) in [6, 6.07) is 62.9. The van der Waals surface area contributed by atoms with E-state index in [1.54, 1.807) is 0 Å². The van der Waals surface area contributed by atoms with Gasteiger partial charge in [-0.3, -0.25) is 4.98 Å². The second-order valence-electron chi connectivity index (χ2n) is 17.0. The highest BCUT2D eigenvalue weighted by atomic mass is 15.2. The molecule has 2 heteroatoms. The second-order valence-corrected chi connectivity index (χ2v) is 17.0. The van der Waals surface area contributed by atoms with E-state index in [9.17, 15) is 0 Å². The summed E-state index contributed by atoms with van der Waals surface area (Å²) in [5.41, 5.74) is 21.7. The fourth-order valence-corrected chi connectivity index (χ4v) is 10.7. The average molecular weight is 767 g/mol. The minimum atomic E-state index is -0.0979. The molecule has 60 heavy (non-hydrogen) atoms. The monoisotopic (exact) mass is 766 g/mol. The number of nitrogens with zero attached hydrogens (tertiary/aromatic N) is 2. The van der Waals surface area contributed by atoms with Crippen molar-refractivity contribution < 1.29 is 0 Å². The first kappa shape index (κ1) is 34.7. The molecular formula is C58H42N2. The van der Waals surface area contributed by atoms with E-state index in [1.807, 2.05) is 18.5 Å². The number of allylic oxidation sites excluding steroid dienone is 3. The predicted octanol–water partition coefficient (Wildman–Crippen LogP) is 15.6. The molecule has 0 amide bonds. The molecule has 0 aliphatic heterocycles. The molecule has 3 aliphatic carbocycles. The van der Waals surface area contributed by atoms with Gasteiger partial charge < -0.3 is 4.90 Å². The van der Waals surface area contributed by atoms with Crippen LogP contribution in [0, 0.1) is 0 Å². The summed E-state index contributed by atoms with van der Waals surface area (Å²) < 4.78 is 0. The number of fused-ring (bicyclic) bond motifs is 7. The van der Waals surface area contributed by atoms with Crippen LogP contribution in [0.25, 0.3) is 82.8 Å². The Hall–Kier alpha value is -7.29. The van der Waals surface area contributed by atoms with Crippen molar-refractivity contribution in [3.63, 3.8) is 0 Å². The molecule has 3 aliphatic rings. The first-order chi connectivity index (χ1) is 29.6. The summed E-state index contributed by atoms with van der Waals surface area (Å²) in [5.74, 6) is 0. The quantitative estimate of drug-likeness (QED) is 0.168. The van der Waals surface area contributed by atoms with Crippen LogP contribution in [-0.4, -0.2) is 4.98 Å². The zero-order chi connectivity index (χ0) is 40.0. The Kier molecular flexibility index (Phi) is 7.74. The lowest BCUT2D eigenvalue weighted by Gasteiger charge is -2.30. The standard InChI is InChI=1S/C58H42N2/c1-58(2)51-28-12-11-23-44(51)45-30-29-41(35-52(45)58)60(42-22-15-33-59-36-42)40-21-13-20-39(34-40)43-31-32-50-55-46(43)26-14-27-49(55)56-53(37-16-5-3-6-17-37)47-24-9-10-25-48(47)54(57(50)56)38-18-7-4-8-19-38/h3-12,14-19,21-36H,13,20H2,1-2H3. The van der Waals surface area contributed by atoms with Crippen molar-refractivity contribution in [1.29, 1.82) is 0 Å². The van der Waals surface area contributed by atoms with Gasteiger partial charge in [0, 0.05) is 23.0 Å². The van der Waals surface area contributed by atoms with Crippen molar-refractivity contribution in [1.82, 2.24) is 4.98 Å². The van der Waals surface area contributed by atoms with Crippen molar-refractivity contribution in [3.8, 4) is 55.6 Å². The average Bonchev–Trinajstić information content (AvgIpc) is 3.75. The maximum Gasteiger partial charge on any atom is 0.0644 e. The number of anilines is 2. The number of hydrogen-bond donors (Lipinski definition) is 0. The Morgan fingerprint density at radius 2 is 1.08 bits per heavy atom. The molecule has 0 spiro atoms. The number of hydrogen-bond acceptors (Lipinski definition) is 2. The van der Waals surface area contributed by atoms with Crippen molar-refractivity contribution in [2.45, 2.75) is 32.1 Å². The van der Waals surface area contributed by atoms with Gasteiger partial charge in [-0.2, -0.15) is 0 Å². The minimum absolute atomic E-state index is 0.0979. The summed E-state index contributed by atoms with van der Waals surface area (Å²) >= 11 is 0. The van der Waals surface area contributed by atoms with E-state index < -0.39 is 0 Å². The summed E-state index contributed by atoms with van der Waals surface area (Å²) in [5, 5.41) is 5.22. The molecule has 1 aromatic heterocycles. The van der Waals surface area contributed by atoms with Gasteiger partial charge in [0.15, 0.2) is 0 Å². The minimum Gasteiger partial charge on any atom is -0.309 e. The van der Waals surface area contributed by atoms with E-state index in [-0.39, 0.29) is 5.41 Å². The van der Waals surface area contributed by atoms with Crippen LogP contribution in [0.3, 0.4) is 0 Å². The van der Waals surface area contributed by atoms with Gasteiger partial charge in [0.1, 0.15) is 0 Å². The van der Waals surface area contributed by atoms with E-state index >= 15 is 0 Å². The van der Waals surface area contributed by atoms with Crippen LogP contribution in [-0.2, 0) is 5.41 Å². The van der Waals surface area contributed by atoms with Crippen LogP contribution in [0.5, 0.6) is 0 Å². The highest BCUT2D eigenvalue weighted by Crippen LogP contribution is 2.58. The Labute approximate surface area is 351 Å². The summed E-state index contributed by atoms with van der Waals surface area (Å²) in [6.07, 6.45) is 10.6. The fourth-order valence-electron chi connectivity index (χ4n) is 10.7. The van der Waals surface area contributed by atoms with Gasteiger partial charge in [-0.05, 0) is 143 Å². The van der Waals surface area contributed by atoms with Gasteiger partial charge in [-0.25, -0.2) is 0 Å². The molecule has 0 fully saturated rings. The molecule has 0 saturated heterocycles. The number of benzene rings is 8. The summed E-state index contributed by atoms with van der Waals surface area (Å²) in [7, 11) is 0. The van der Waals surface area contributed by atoms with Crippen LogP contribution in [0.2, 0.25) is 0 Å². The summed E-state index contributed by atoms with van der Waals surface area (Å²) in [4.78, 5) is 7.02. The van der Waals surface area contributed by atoms with E-state index in [2.05, 4.69) is 200 Å². The van der Waals surface area contributed by atoms with Crippen LogP contribution in [0.4, 0.5) is 11.4 Å². The van der Waals surface area contributed by atoms with Crippen molar-refractivity contribution >= 4 is 38.5 Å². The SMILES string of the molecule is CC1(C)c2ccccc2-c2ccc(N(C3=CCCC(c4ccc5c6c(cccc46)-c4c-5c(-c5ccccc5)c5ccccc5c4-c4ccccc4)=C3)c3cccnc3)cc21. The number of aromatic nitrogens is 1. The Morgan fingerprint density at radius 1 is 0.483 bits per heavy atom. The molecule has 1 heterocycles. The molecule has 8 aromatic carbocycles. The zero-order valence-electron chi connectivity index (χ0n) is 33.8. The first-order valence-electron chi connectivity index (χ1n) is 21.2. The Morgan fingerprint density at radius 3 is 1.80 bits per heavy atom. The lowest BCUT2D eigenvalue weighted by Crippen LogP contribution is -2.19. The van der Waals surface area contributed by atoms with Gasteiger partial charge in [-0.15, -0.1) is 0 Å². The van der Waals surface area contributed by atoms with Crippen molar-refractivity contribution in [3.05, 3.63) is 217 Å². The van der Waals surface area contributed by atoms with Crippen LogP contribution in [0.15, 0.2) is 200 Å². The molecule has 0 N–H and O–H groups in total. The first-order valence-corrected chi connectivity index (χ1v) is 21.2. The molecule has 2 nitrogen and oxygen atoms in total. The Bertz CT molecular complexity index is 3170. The van der Waals surface area contributed by atoms with Crippen molar-refractivity contribution in [2.24, 2.45) is 0 Å². The summed E-state index contributed by atoms with van der Waals surface area (Å²) in [6.45, 7) is 4.71. The van der Waals surface area contributed by atoms with Crippen molar-refractivity contribution in [2.75, 3.05) is 4.90 Å². The van der Waals surface area contributed by atoms with Gasteiger partial charge in [-0.1, -0.05) is 166 Å². The largest absolute Gasteiger partial charge is 0.309 e. The molecule has 0 unspecified atom stereocenters. The lowest BCUT2D eigenvalue weighted by molar-refractivity contribution is 0.660. The fraction of sp³-hybridized carbons (Fsp3) is 0.0862. The smallest absolute Gasteiger partial charge is 0.0644 e. The molecule has 284 valence electrons. The van der Waals surface area contributed by atoms with Crippen LogP contribution < -0.4 is 4.90 Å². The topological polar surface area (TPSA) is 16.1 Å². The van der Waals surface area contributed by atoms with Gasteiger partial charge in [0.05, 0.1) is 11.9 Å². The normalized spacial score (nSPS) is 14.4. The molecular weight excluding hydrogens is 725 g/mol.